The highest BCUT2D eigenvalue weighted by atomic mass is 16.2. The molecule has 1 fully saturated rings. The third-order valence-electron chi connectivity index (χ3n) is 3.16. The van der Waals surface area contributed by atoms with Crippen LogP contribution < -0.4 is 15.5 Å². The number of amides is 1. The van der Waals surface area contributed by atoms with E-state index in [1.807, 2.05) is 25.7 Å². The molecule has 1 aliphatic heterocycles. The number of anilines is 2. The molecule has 0 aliphatic carbocycles. The van der Waals surface area contributed by atoms with Crippen LogP contribution in [0.4, 0.5) is 11.6 Å². The first-order valence-corrected chi connectivity index (χ1v) is 6.78. The Kier molecular flexibility index (Phi) is 4.19. The minimum absolute atomic E-state index is 0.0484. The topological polar surface area (TPSA) is 70.2 Å². The zero-order valence-electron chi connectivity index (χ0n) is 11.8. The fourth-order valence-corrected chi connectivity index (χ4v) is 2.17. The molecule has 2 rings (SSSR count). The van der Waals surface area contributed by atoms with Gasteiger partial charge in [0.05, 0.1) is 6.54 Å². The maximum Gasteiger partial charge on any atom is 0.239 e. The van der Waals surface area contributed by atoms with Crippen LogP contribution in [0.3, 0.4) is 0 Å². The Labute approximate surface area is 113 Å². The molecule has 2 N–H and O–H groups in total. The van der Waals surface area contributed by atoms with Gasteiger partial charge in [0.2, 0.25) is 5.91 Å². The summed E-state index contributed by atoms with van der Waals surface area (Å²) >= 11 is 0. The lowest BCUT2D eigenvalue weighted by Crippen LogP contribution is -2.48. The molecule has 0 radical (unpaired) electrons. The Bertz CT molecular complexity index is 474. The fraction of sp³-hybridized carbons (Fsp3) is 0.615. The van der Waals surface area contributed by atoms with Gasteiger partial charge in [-0.15, -0.1) is 0 Å². The van der Waals surface area contributed by atoms with E-state index in [4.69, 9.17) is 0 Å². The Morgan fingerprint density at radius 3 is 2.79 bits per heavy atom. The monoisotopic (exact) mass is 263 g/mol. The summed E-state index contributed by atoms with van der Waals surface area (Å²) < 4.78 is 0. The van der Waals surface area contributed by atoms with Gasteiger partial charge in [-0.05, 0) is 13.8 Å². The smallest absolute Gasteiger partial charge is 0.239 e. The molecule has 0 unspecified atom stereocenters. The SMILES string of the molecule is CCNc1nc(CC)nc(N2CCNC(=O)C2)c1C. The number of hydrogen-bond acceptors (Lipinski definition) is 5. The zero-order valence-corrected chi connectivity index (χ0v) is 11.8. The molecule has 104 valence electrons. The van der Waals surface area contributed by atoms with Crippen molar-refractivity contribution < 1.29 is 4.79 Å². The standard InChI is InChI=1S/C13H21N5O/c1-4-10-16-12(14-5-2)9(3)13(17-10)18-7-6-15-11(19)8-18/h4-8H2,1-3H3,(H,15,19)(H,14,16,17). The predicted molar refractivity (Wildman–Crippen MR) is 75.5 cm³/mol. The van der Waals surface area contributed by atoms with Crippen LogP contribution in [0.2, 0.25) is 0 Å². The lowest BCUT2D eigenvalue weighted by molar-refractivity contribution is -0.120. The maximum atomic E-state index is 11.5. The average molecular weight is 263 g/mol. The summed E-state index contributed by atoms with van der Waals surface area (Å²) in [4.78, 5) is 22.6. The molecular formula is C13H21N5O. The number of hydrogen-bond donors (Lipinski definition) is 2. The van der Waals surface area contributed by atoms with Crippen LogP contribution in [0.25, 0.3) is 0 Å². The molecule has 1 amide bonds. The molecule has 0 saturated carbocycles. The third-order valence-corrected chi connectivity index (χ3v) is 3.16. The minimum Gasteiger partial charge on any atom is -0.370 e. The van der Waals surface area contributed by atoms with E-state index in [0.29, 0.717) is 13.1 Å². The van der Waals surface area contributed by atoms with E-state index in [0.717, 1.165) is 42.5 Å². The number of aryl methyl sites for hydroxylation is 1. The van der Waals surface area contributed by atoms with Crippen molar-refractivity contribution in [2.24, 2.45) is 0 Å². The van der Waals surface area contributed by atoms with Gasteiger partial charge in [-0.3, -0.25) is 4.79 Å². The molecule has 6 nitrogen and oxygen atoms in total. The van der Waals surface area contributed by atoms with Gasteiger partial charge >= 0.3 is 0 Å². The number of nitrogens with zero attached hydrogens (tertiary/aromatic N) is 3. The van der Waals surface area contributed by atoms with E-state index in [1.165, 1.54) is 0 Å². The van der Waals surface area contributed by atoms with Gasteiger partial charge in [0.25, 0.3) is 0 Å². The first-order chi connectivity index (χ1) is 9.15. The van der Waals surface area contributed by atoms with Gasteiger partial charge in [-0.1, -0.05) is 6.92 Å². The second-order valence-corrected chi connectivity index (χ2v) is 4.59. The molecule has 6 heteroatoms. The van der Waals surface area contributed by atoms with Gasteiger partial charge in [0, 0.05) is 31.6 Å². The highest BCUT2D eigenvalue weighted by Gasteiger charge is 2.21. The molecule has 2 heterocycles. The number of rotatable bonds is 4. The van der Waals surface area contributed by atoms with Gasteiger partial charge in [0.1, 0.15) is 17.5 Å². The van der Waals surface area contributed by atoms with Crippen molar-refractivity contribution in [3.8, 4) is 0 Å². The highest BCUT2D eigenvalue weighted by molar-refractivity contribution is 5.82. The second-order valence-electron chi connectivity index (χ2n) is 4.59. The molecule has 19 heavy (non-hydrogen) atoms. The second kappa shape index (κ2) is 5.86. The number of nitrogens with one attached hydrogen (secondary N) is 2. The summed E-state index contributed by atoms with van der Waals surface area (Å²) in [5.74, 6) is 2.60. The van der Waals surface area contributed by atoms with Gasteiger partial charge in [-0.25, -0.2) is 9.97 Å². The molecule has 1 aromatic heterocycles. The minimum atomic E-state index is 0.0484. The third kappa shape index (κ3) is 2.94. The van der Waals surface area contributed by atoms with Crippen molar-refractivity contribution in [3.05, 3.63) is 11.4 Å². The van der Waals surface area contributed by atoms with Gasteiger partial charge in [0.15, 0.2) is 0 Å². The Hall–Kier alpha value is -1.85. The van der Waals surface area contributed by atoms with Crippen LogP contribution in [0, 0.1) is 6.92 Å². The molecule has 1 saturated heterocycles. The normalized spacial score (nSPS) is 15.3. The van der Waals surface area contributed by atoms with E-state index in [2.05, 4.69) is 20.6 Å². The largest absolute Gasteiger partial charge is 0.370 e. The van der Waals surface area contributed by atoms with Gasteiger partial charge in [-0.2, -0.15) is 0 Å². The van der Waals surface area contributed by atoms with Crippen molar-refractivity contribution in [3.63, 3.8) is 0 Å². The molecular weight excluding hydrogens is 242 g/mol. The number of carbonyl (C=O) groups excluding carboxylic acids is 1. The molecule has 0 spiro atoms. The number of carbonyl (C=O) groups is 1. The van der Waals surface area contributed by atoms with E-state index < -0.39 is 0 Å². The first kappa shape index (κ1) is 13.6. The van der Waals surface area contributed by atoms with Crippen molar-refractivity contribution in [1.29, 1.82) is 0 Å². The van der Waals surface area contributed by atoms with Crippen LogP contribution >= 0.6 is 0 Å². The first-order valence-electron chi connectivity index (χ1n) is 6.78. The van der Waals surface area contributed by atoms with E-state index >= 15 is 0 Å². The molecule has 0 bridgehead atoms. The number of aromatic nitrogens is 2. The van der Waals surface area contributed by atoms with Crippen molar-refractivity contribution in [2.75, 3.05) is 36.4 Å². The molecule has 0 aromatic carbocycles. The van der Waals surface area contributed by atoms with Gasteiger partial charge < -0.3 is 15.5 Å². The summed E-state index contributed by atoms with van der Waals surface area (Å²) in [6.45, 7) is 8.72. The summed E-state index contributed by atoms with van der Waals surface area (Å²) in [6, 6.07) is 0. The average Bonchev–Trinajstić information content (AvgIpc) is 2.41. The van der Waals surface area contributed by atoms with Crippen molar-refractivity contribution >= 4 is 17.5 Å². The Morgan fingerprint density at radius 1 is 1.37 bits per heavy atom. The van der Waals surface area contributed by atoms with Crippen LogP contribution in [0.1, 0.15) is 25.2 Å². The van der Waals surface area contributed by atoms with Crippen LogP contribution in [0.5, 0.6) is 0 Å². The molecule has 1 aliphatic rings. The van der Waals surface area contributed by atoms with Crippen molar-refractivity contribution in [2.45, 2.75) is 27.2 Å². The molecule has 1 aromatic rings. The lowest BCUT2D eigenvalue weighted by atomic mass is 10.2. The van der Waals surface area contributed by atoms with Crippen LogP contribution in [-0.4, -0.2) is 42.1 Å². The predicted octanol–water partition coefficient (Wildman–Crippen LogP) is 0.715. The summed E-state index contributed by atoms with van der Waals surface area (Å²) in [6.07, 6.45) is 0.783. The van der Waals surface area contributed by atoms with Crippen molar-refractivity contribution in [1.82, 2.24) is 15.3 Å². The molecule has 0 atom stereocenters. The van der Waals surface area contributed by atoms with E-state index in [1.54, 1.807) is 0 Å². The Morgan fingerprint density at radius 2 is 2.16 bits per heavy atom. The van der Waals surface area contributed by atoms with E-state index in [-0.39, 0.29) is 5.91 Å². The Balaban J connectivity index is 2.37. The summed E-state index contributed by atoms with van der Waals surface area (Å²) in [5, 5.41) is 6.09. The zero-order chi connectivity index (χ0) is 13.8. The van der Waals surface area contributed by atoms with Crippen LogP contribution in [0.15, 0.2) is 0 Å². The van der Waals surface area contributed by atoms with E-state index in [9.17, 15) is 4.79 Å². The lowest BCUT2D eigenvalue weighted by Gasteiger charge is -2.29. The maximum absolute atomic E-state index is 11.5. The quantitative estimate of drug-likeness (QED) is 0.837. The number of piperazine rings is 1. The summed E-state index contributed by atoms with van der Waals surface area (Å²) in [5.41, 5.74) is 1.01. The fourth-order valence-electron chi connectivity index (χ4n) is 2.17. The summed E-state index contributed by atoms with van der Waals surface area (Å²) in [7, 11) is 0. The van der Waals surface area contributed by atoms with Crippen LogP contribution in [-0.2, 0) is 11.2 Å². The highest BCUT2D eigenvalue weighted by Crippen LogP contribution is 2.24.